The summed E-state index contributed by atoms with van der Waals surface area (Å²) in [5, 5.41) is 3.44. The molecule has 1 aliphatic rings. The van der Waals surface area contributed by atoms with Gasteiger partial charge in [0.1, 0.15) is 17.1 Å². The fourth-order valence-corrected chi connectivity index (χ4v) is 5.79. The highest BCUT2D eigenvalue weighted by molar-refractivity contribution is 8.00. The monoisotopic (exact) mass is 580 g/mol. The lowest BCUT2D eigenvalue weighted by molar-refractivity contribution is 0.0435. The first kappa shape index (κ1) is 26.4. The topological polar surface area (TPSA) is 147 Å². The molecule has 0 amide bonds. The van der Waals surface area contributed by atoms with Crippen LogP contribution in [-0.4, -0.2) is 10.5 Å². The molecule has 0 bridgehead atoms. The van der Waals surface area contributed by atoms with Crippen LogP contribution in [0.25, 0.3) is 22.0 Å². The number of hydrogen-bond donors (Lipinski definition) is 1. The van der Waals surface area contributed by atoms with Gasteiger partial charge in [-0.15, -0.1) is 0 Å². The van der Waals surface area contributed by atoms with Crippen molar-refractivity contribution in [1.29, 1.82) is 0 Å². The molecule has 0 spiro atoms. The third-order valence-corrected chi connectivity index (χ3v) is 7.93. The quantitative estimate of drug-likeness (QED) is 0.256. The van der Waals surface area contributed by atoms with Crippen molar-refractivity contribution >= 4 is 34.3 Å². The Labute approximate surface area is 233 Å². The van der Waals surface area contributed by atoms with E-state index in [1.54, 1.807) is 41.8 Å². The van der Waals surface area contributed by atoms with Crippen molar-refractivity contribution in [2.24, 2.45) is 0 Å². The van der Waals surface area contributed by atoms with E-state index < -0.39 is 35.5 Å². The molecule has 0 aliphatic carbocycles. The zero-order chi connectivity index (χ0) is 29.0. The molecule has 1 atom stereocenters. The Bertz CT molecular complexity index is 2010. The summed E-state index contributed by atoms with van der Waals surface area (Å²) in [5.41, 5.74) is 1.16. The van der Waals surface area contributed by atoms with Crippen molar-refractivity contribution in [1.82, 2.24) is 4.57 Å². The summed E-state index contributed by atoms with van der Waals surface area (Å²) >= 11 is 1.32. The number of nitrogens with one attached hydrogen (secondary N) is 1. The average molecular weight is 581 g/mol. The second-order valence-corrected chi connectivity index (χ2v) is 10.6. The summed E-state index contributed by atoms with van der Waals surface area (Å²) in [4.78, 5) is 48.8. The summed E-state index contributed by atoms with van der Waals surface area (Å²) in [6.07, 6.45) is 0. The summed E-state index contributed by atoms with van der Waals surface area (Å²) < 4.78 is 41.9. The van der Waals surface area contributed by atoms with Gasteiger partial charge in [-0.25, -0.2) is 18.8 Å². The molecule has 0 saturated carbocycles. The fourth-order valence-electron chi connectivity index (χ4n) is 4.64. The number of anilines is 1. The van der Waals surface area contributed by atoms with Crippen molar-refractivity contribution in [3.05, 3.63) is 102 Å². The predicted octanol–water partition coefficient (Wildman–Crippen LogP) is 5.11. The number of thioether (sulfide) groups is 1. The number of rotatable bonds is 7. The van der Waals surface area contributed by atoms with Crippen molar-refractivity contribution in [3.8, 4) is 11.1 Å². The zero-order valence-electron chi connectivity index (χ0n) is 21.9. The summed E-state index contributed by atoms with van der Waals surface area (Å²) in [6, 6.07) is 9.66. The van der Waals surface area contributed by atoms with Crippen LogP contribution in [0.2, 0.25) is 0 Å². The van der Waals surface area contributed by atoms with E-state index in [1.807, 2.05) is 6.92 Å². The maximum absolute atomic E-state index is 15.4. The van der Waals surface area contributed by atoms with Crippen LogP contribution in [0.4, 0.5) is 10.1 Å². The molecule has 5 aromatic rings. The van der Waals surface area contributed by atoms with Crippen LogP contribution < -0.4 is 22.4 Å². The van der Waals surface area contributed by atoms with E-state index in [1.165, 1.54) is 18.7 Å². The second kappa shape index (κ2) is 10.0. The minimum atomic E-state index is -0.927. The van der Waals surface area contributed by atoms with E-state index in [4.69, 9.17) is 22.4 Å². The number of carbonyl (C=O) groups is 1. The number of halogens is 1. The van der Waals surface area contributed by atoms with Crippen LogP contribution in [0, 0.1) is 19.7 Å². The molecular weight excluding hydrogens is 559 g/mol. The standard InChI is InChI=1S/C28H21FN2O9S/c1-12-21(39-27(34)37-12)10-30-16-6-4-15(5-7-16)17-9-20-18(8-19(17)29)24(32)23(25-31(20)14(3)41-25)26(33)36-11-22-13(2)38-28(35)40-22/h4-9,14,30H,10-11H2,1-3H3. The van der Waals surface area contributed by atoms with Gasteiger partial charge >= 0.3 is 17.6 Å². The molecule has 2 aromatic carbocycles. The van der Waals surface area contributed by atoms with Gasteiger partial charge in [0.05, 0.1) is 22.5 Å². The molecule has 210 valence electrons. The van der Waals surface area contributed by atoms with Crippen molar-refractivity contribution in [2.45, 2.75) is 44.3 Å². The van der Waals surface area contributed by atoms with E-state index in [9.17, 15) is 19.2 Å². The second-order valence-electron chi connectivity index (χ2n) is 9.32. The Morgan fingerprint density at radius 2 is 1.66 bits per heavy atom. The Morgan fingerprint density at radius 1 is 1.00 bits per heavy atom. The molecule has 4 heterocycles. The Hall–Kier alpha value is -4.78. The van der Waals surface area contributed by atoms with Gasteiger partial charge < -0.3 is 32.3 Å². The van der Waals surface area contributed by atoms with Crippen LogP contribution in [0.5, 0.6) is 0 Å². The third-order valence-electron chi connectivity index (χ3n) is 6.75. The van der Waals surface area contributed by atoms with Crippen LogP contribution >= 0.6 is 11.8 Å². The third kappa shape index (κ3) is 4.67. The summed E-state index contributed by atoms with van der Waals surface area (Å²) in [7, 11) is 0. The first-order valence-electron chi connectivity index (χ1n) is 12.4. The highest BCUT2D eigenvalue weighted by atomic mass is 32.2. The van der Waals surface area contributed by atoms with E-state index in [2.05, 4.69) is 5.32 Å². The molecule has 41 heavy (non-hydrogen) atoms. The number of fused-ring (bicyclic) bond motifs is 3. The Morgan fingerprint density at radius 3 is 2.27 bits per heavy atom. The largest absolute Gasteiger partial charge is 0.519 e. The number of aryl methyl sites for hydroxylation is 2. The smallest absolute Gasteiger partial charge is 0.454 e. The van der Waals surface area contributed by atoms with Gasteiger partial charge in [-0.3, -0.25) is 4.79 Å². The van der Waals surface area contributed by atoms with Crippen LogP contribution in [0.15, 0.2) is 73.5 Å². The van der Waals surface area contributed by atoms with Gasteiger partial charge in [-0.1, -0.05) is 23.9 Å². The number of nitrogens with zero attached hydrogens (tertiary/aromatic N) is 1. The summed E-state index contributed by atoms with van der Waals surface area (Å²) in [6.45, 7) is 4.83. The SMILES string of the molecule is Cc1oc(=O)oc1CNc1ccc(-c2cc3c(cc2F)c(=O)c(C(=O)OCc2oc(=O)oc2C)c2n3C(C)S2)cc1. The van der Waals surface area contributed by atoms with E-state index in [0.717, 1.165) is 6.07 Å². The van der Waals surface area contributed by atoms with Crippen molar-refractivity contribution in [2.75, 3.05) is 5.32 Å². The minimum Gasteiger partial charge on any atom is -0.454 e. The van der Waals surface area contributed by atoms with E-state index >= 15 is 4.39 Å². The number of benzene rings is 2. The molecule has 0 radical (unpaired) electrons. The Balaban J connectivity index is 1.30. The molecule has 1 unspecified atom stereocenters. The normalized spacial score (nSPS) is 14.1. The number of aromatic nitrogens is 1. The van der Waals surface area contributed by atoms with E-state index in [0.29, 0.717) is 33.3 Å². The number of pyridine rings is 1. The lowest BCUT2D eigenvalue weighted by Crippen LogP contribution is -2.29. The zero-order valence-corrected chi connectivity index (χ0v) is 22.7. The van der Waals surface area contributed by atoms with Crippen LogP contribution in [0.3, 0.4) is 0 Å². The van der Waals surface area contributed by atoms with Crippen LogP contribution in [-0.2, 0) is 17.9 Å². The van der Waals surface area contributed by atoms with Gasteiger partial charge in [-0.05, 0) is 50.6 Å². The number of carbonyl (C=O) groups excluding carboxylic acids is 1. The highest BCUT2D eigenvalue weighted by Crippen LogP contribution is 2.47. The molecule has 0 fully saturated rings. The van der Waals surface area contributed by atoms with Gasteiger partial charge in [0.25, 0.3) is 0 Å². The molecular formula is C28H21FN2O9S. The van der Waals surface area contributed by atoms with Gasteiger partial charge in [-0.2, -0.15) is 0 Å². The van der Waals surface area contributed by atoms with E-state index in [-0.39, 0.29) is 40.0 Å². The number of ether oxygens (including phenoxy) is 1. The van der Waals surface area contributed by atoms with Crippen LogP contribution in [0.1, 0.15) is 45.7 Å². The molecule has 0 saturated heterocycles. The average Bonchev–Trinajstić information content (AvgIpc) is 3.43. The minimum absolute atomic E-state index is 0.0317. The first-order chi connectivity index (χ1) is 19.6. The maximum Gasteiger partial charge on any atom is 0.519 e. The van der Waals surface area contributed by atoms with Gasteiger partial charge in [0.2, 0.25) is 5.43 Å². The molecule has 1 aliphatic heterocycles. The highest BCUT2D eigenvalue weighted by Gasteiger charge is 2.34. The van der Waals surface area contributed by atoms with Gasteiger partial charge in [0.15, 0.2) is 23.9 Å². The molecule has 1 N–H and O–H groups in total. The number of esters is 1. The van der Waals surface area contributed by atoms with Gasteiger partial charge in [0, 0.05) is 16.6 Å². The molecule has 13 heteroatoms. The molecule has 3 aromatic heterocycles. The lowest BCUT2D eigenvalue weighted by Gasteiger charge is -2.33. The molecule has 11 nitrogen and oxygen atoms in total. The summed E-state index contributed by atoms with van der Waals surface area (Å²) in [5.74, 6) is -2.30. The lowest BCUT2D eigenvalue weighted by atomic mass is 10.0. The van der Waals surface area contributed by atoms with Crippen molar-refractivity contribution in [3.63, 3.8) is 0 Å². The first-order valence-corrected chi connectivity index (χ1v) is 13.3. The van der Waals surface area contributed by atoms with Crippen molar-refractivity contribution < 1.29 is 31.6 Å². The maximum atomic E-state index is 15.4. The predicted molar refractivity (Wildman–Crippen MR) is 145 cm³/mol. The fraction of sp³-hybridized carbons (Fsp3) is 0.214. The molecule has 6 rings (SSSR count). The number of hydrogen-bond acceptors (Lipinski definition) is 11. The Kier molecular flexibility index (Phi) is 6.45.